The predicted octanol–water partition coefficient (Wildman–Crippen LogP) is -3.29. The van der Waals surface area contributed by atoms with Crippen LogP contribution in [-0.4, -0.2) is 71.7 Å². The Balaban J connectivity index is -0.000000000833. The maximum absolute atomic E-state index is 4.33. The van der Waals surface area contributed by atoms with Gasteiger partial charge < -0.3 is 0 Å². The fourth-order valence-corrected chi connectivity index (χ4v) is 0. The van der Waals surface area contributed by atoms with Crippen molar-refractivity contribution >= 4 is 71.7 Å². The van der Waals surface area contributed by atoms with Gasteiger partial charge in [0, 0.05) is 52.0 Å². The Morgan fingerprint density at radius 2 is 1.17 bits per heavy atom. The SMILES string of the molecule is [AlH3].[Sc].[SiH3][Cu].[SrH2].[Zr]. The van der Waals surface area contributed by atoms with Crippen molar-refractivity contribution in [1.29, 1.82) is 0 Å². The van der Waals surface area contributed by atoms with Crippen LogP contribution in [0.1, 0.15) is 0 Å². The summed E-state index contributed by atoms with van der Waals surface area (Å²) in [6, 6.07) is 0. The van der Waals surface area contributed by atoms with Gasteiger partial charge >= 0.3 is 69.7 Å². The van der Waals surface area contributed by atoms with Gasteiger partial charge in [0.2, 0.25) is 0 Å². The van der Waals surface area contributed by atoms with E-state index in [1.807, 2.05) is 0 Å². The molecule has 0 aromatic carbocycles. The summed E-state index contributed by atoms with van der Waals surface area (Å²) in [5.41, 5.74) is 0. The third-order valence-corrected chi connectivity index (χ3v) is 0. The van der Waals surface area contributed by atoms with Crippen LogP contribution in [0.25, 0.3) is 0 Å². The molecule has 0 aromatic heterocycles. The van der Waals surface area contributed by atoms with Crippen LogP contribution in [-0.2, 0) is 67.4 Å². The molecule has 0 amide bonds. The van der Waals surface area contributed by atoms with Crippen LogP contribution in [0.3, 0.4) is 0 Å². The average molecular weight is 350 g/mol. The topological polar surface area (TPSA) is 0 Å². The van der Waals surface area contributed by atoms with Crippen LogP contribution in [0.15, 0.2) is 0 Å². The van der Waals surface area contributed by atoms with Gasteiger partial charge in [-0.15, -0.1) is 0 Å². The fraction of sp³-hybridized carbons (Fsp3) is 0. The summed E-state index contributed by atoms with van der Waals surface area (Å²) in [5, 5.41) is 0. The van der Waals surface area contributed by atoms with Gasteiger partial charge in [-0.25, -0.2) is 0 Å². The first-order valence-electron chi connectivity index (χ1n) is 0.302. The van der Waals surface area contributed by atoms with Crippen LogP contribution < -0.4 is 0 Å². The molecule has 0 N–H and O–H groups in total. The minimum Gasteiger partial charge on any atom is 0 e. The van der Waals surface area contributed by atoms with Crippen molar-refractivity contribution in [2.45, 2.75) is 0 Å². The van der Waals surface area contributed by atoms with Crippen molar-refractivity contribution in [2.75, 3.05) is 0 Å². The van der Waals surface area contributed by atoms with E-state index >= 15 is 0 Å². The van der Waals surface area contributed by atoms with Crippen LogP contribution in [0.2, 0.25) is 0 Å². The summed E-state index contributed by atoms with van der Waals surface area (Å²) in [6.45, 7) is 0. The van der Waals surface area contributed by atoms with Crippen molar-refractivity contribution in [3.05, 3.63) is 0 Å². The Bertz CT molecular complexity index is 15.5. The normalized spacial score (nSPS) is 1.67. The first kappa shape index (κ1) is 31.3. The van der Waals surface area contributed by atoms with E-state index in [0.717, 1.165) is 8.85 Å². The van der Waals surface area contributed by atoms with Gasteiger partial charge in [-0.2, -0.15) is 0 Å². The summed E-state index contributed by atoms with van der Waals surface area (Å²) in [6.07, 6.45) is 0. The molecule has 0 bridgehead atoms. The van der Waals surface area contributed by atoms with Gasteiger partial charge in [0.05, 0.1) is 0 Å². The molecule has 0 saturated heterocycles. The number of hydrogen-bond donors (Lipinski definition) is 0. The zero-order valence-corrected chi connectivity index (χ0v) is 9.58. The smallest absolute Gasteiger partial charge is 0 e. The van der Waals surface area contributed by atoms with E-state index in [4.69, 9.17) is 0 Å². The molecule has 6 heavy (non-hydrogen) atoms. The largest absolute Gasteiger partial charge is 0 e. The number of hydrogen-bond acceptors (Lipinski definition) is 0. The predicted molar refractivity (Wildman–Crippen MR) is 28.4 cm³/mol. The summed E-state index contributed by atoms with van der Waals surface area (Å²) >= 11 is 4.33. The minimum absolute atomic E-state index is 0. The van der Waals surface area contributed by atoms with Crippen molar-refractivity contribution in [3.8, 4) is 0 Å². The Kier molecular flexibility index (Phi) is 177. The van der Waals surface area contributed by atoms with Crippen LogP contribution in [0.5, 0.6) is 0 Å². The van der Waals surface area contributed by atoms with Gasteiger partial charge in [0.1, 0.15) is 0 Å². The van der Waals surface area contributed by atoms with Crippen LogP contribution >= 0.6 is 0 Å². The zero-order valence-electron chi connectivity index (χ0n) is 2.38. The molecule has 0 heterocycles. The van der Waals surface area contributed by atoms with E-state index in [0.29, 0.717) is 0 Å². The van der Waals surface area contributed by atoms with Gasteiger partial charge in [-0.3, -0.25) is 0 Å². The monoisotopic (exact) mass is 349 g/mol. The maximum Gasteiger partial charge on any atom is 0 e. The molecular weight excluding hydrogens is 342 g/mol. The maximum atomic E-state index is 4.33. The Morgan fingerprint density at radius 1 is 1.17 bits per heavy atom. The molecule has 0 aliphatic heterocycles. The Morgan fingerprint density at radius 3 is 1.17 bits per heavy atom. The average Bonchev–Trinajstić information content (AvgIpc) is 1.00. The quantitative estimate of drug-likeness (QED) is 0.402. The Hall–Kier alpha value is 4.50. The molecule has 0 fully saturated rings. The van der Waals surface area contributed by atoms with Gasteiger partial charge in [0.15, 0.2) is 17.4 Å². The van der Waals surface area contributed by atoms with Gasteiger partial charge in [-0.1, -0.05) is 0 Å². The number of rotatable bonds is 0. The molecule has 0 aliphatic rings. The van der Waals surface area contributed by atoms with Crippen molar-refractivity contribution < 1.29 is 67.4 Å². The molecule has 1 radical (unpaired) electrons. The molecule has 0 saturated carbocycles. The molecule has 0 aliphatic carbocycles. The second kappa shape index (κ2) is 33.9. The van der Waals surface area contributed by atoms with E-state index in [1.54, 1.807) is 0 Å². The first-order chi connectivity index (χ1) is 1.00. The molecule has 6 heteroatoms. The summed E-state index contributed by atoms with van der Waals surface area (Å²) in [7, 11) is 0.868. The van der Waals surface area contributed by atoms with E-state index < -0.39 is 0 Å². The molecule has 0 nitrogen and oxygen atoms in total. The second-order valence-electron chi connectivity index (χ2n) is 0. The molecule has 0 atom stereocenters. The molecule has 35 valence electrons. The summed E-state index contributed by atoms with van der Waals surface area (Å²) < 4.78 is 0. The standard InChI is InChI=1S/Al.Cu.Sc.H3Si.Sr.Zr.5H/h;;;1H3;;;;;;;. The second-order valence-corrected chi connectivity index (χ2v) is 0. The summed E-state index contributed by atoms with van der Waals surface area (Å²) in [5.74, 6) is 0. The van der Waals surface area contributed by atoms with E-state index in [2.05, 4.69) is 15.4 Å². The van der Waals surface area contributed by atoms with E-state index in [-0.39, 0.29) is 115 Å². The molecule has 0 rings (SSSR count). The van der Waals surface area contributed by atoms with Crippen LogP contribution in [0, 0.1) is 0 Å². The van der Waals surface area contributed by atoms with Gasteiger partial charge in [0.25, 0.3) is 0 Å². The van der Waals surface area contributed by atoms with Crippen molar-refractivity contribution in [3.63, 3.8) is 0 Å². The van der Waals surface area contributed by atoms with Crippen molar-refractivity contribution in [2.24, 2.45) is 0 Å². The van der Waals surface area contributed by atoms with Gasteiger partial charge in [-0.05, 0) is 0 Å². The molecule has 0 spiro atoms. The molecule has 0 aromatic rings. The fourth-order valence-electron chi connectivity index (χ4n) is 0. The Labute approximate surface area is 135 Å². The van der Waals surface area contributed by atoms with E-state index in [1.165, 1.54) is 0 Å². The first-order valence-corrected chi connectivity index (χ1v) is 3.73. The molecule has 0 unspecified atom stereocenters. The van der Waals surface area contributed by atoms with Crippen LogP contribution in [0.4, 0.5) is 0 Å². The molecular formula is H8AlCuScSiSrZr. The summed E-state index contributed by atoms with van der Waals surface area (Å²) in [4.78, 5) is 0. The third kappa shape index (κ3) is 23.6. The zero-order chi connectivity index (χ0) is 2.00. The van der Waals surface area contributed by atoms with Crippen molar-refractivity contribution in [1.82, 2.24) is 0 Å². The minimum atomic E-state index is 0. The third-order valence-electron chi connectivity index (χ3n) is 0. The van der Waals surface area contributed by atoms with E-state index in [9.17, 15) is 0 Å².